The molecule has 3 aromatic rings. The van der Waals surface area contributed by atoms with Crippen LogP contribution in [0.4, 0.5) is 11.4 Å². The van der Waals surface area contributed by atoms with Gasteiger partial charge in [-0.1, -0.05) is 12.1 Å². The molecule has 7 heteroatoms. The average Bonchev–Trinajstić information content (AvgIpc) is 2.73. The minimum Gasteiger partial charge on any atom is -0.465 e. The summed E-state index contributed by atoms with van der Waals surface area (Å²) in [6.45, 7) is 0.393. The van der Waals surface area contributed by atoms with Crippen molar-refractivity contribution in [2.45, 2.75) is 6.54 Å². The first-order chi connectivity index (χ1) is 13.2. The van der Waals surface area contributed by atoms with Crippen LogP contribution in [0.3, 0.4) is 0 Å². The van der Waals surface area contributed by atoms with Gasteiger partial charge in [-0.05, 0) is 35.9 Å². The van der Waals surface area contributed by atoms with Crippen LogP contribution in [-0.4, -0.2) is 29.0 Å². The van der Waals surface area contributed by atoms with Gasteiger partial charge in [-0.15, -0.1) is 0 Å². The number of hydrogen-bond donors (Lipinski definition) is 2. The number of hydrogen-bond acceptors (Lipinski definition) is 6. The second-order valence-electron chi connectivity index (χ2n) is 5.66. The van der Waals surface area contributed by atoms with Crippen LogP contribution in [0, 0.1) is 0 Å². The Bertz CT molecular complexity index is 945. The highest BCUT2D eigenvalue weighted by Gasteiger charge is 2.12. The number of pyridine rings is 2. The van der Waals surface area contributed by atoms with Crippen molar-refractivity contribution in [1.29, 1.82) is 0 Å². The highest BCUT2D eigenvalue weighted by atomic mass is 16.5. The molecule has 0 aliphatic rings. The summed E-state index contributed by atoms with van der Waals surface area (Å²) in [6, 6.07) is 12.3. The van der Waals surface area contributed by atoms with E-state index in [1.165, 1.54) is 13.3 Å². The molecule has 2 aromatic heterocycles. The molecule has 2 N–H and O–H groups in total. The third kappa shape index (κ3) is 4.66. The van der Waals surface area contributed by atoms with Crippen LogP contribution in [0.1, 0.15) is 26.3 Å². The smallest absolute Gasteiger partial charge is 0.339 e. The number of benzene rings is 1. The number of nitrogens with one attached hydrogen (secondary N) is 2. The van der Waals surface area contributed by atoms with Crippen LogP contribution < -0.4 is 10.6 Å². The fraction of sp³-hybridized carbons (Fsp3) is 0.100. The zero-order valence-corrected chi connectivity index (χ0v) is 14.7. The Kier molecular flexibility index (Phi) is 5.73. The van der Waals surface area contributed by atoms with Crippen molar-refractivity contribution >= 4 is 23.3 Å². The molecule has 136 valence electrons. The Morgan fingerprint density at radius 1 is 1.04 bits per heavy atom. The monoisotopic (exact) mass is 362 g/mol. The van der Waals surface area contributed by atoms with E-state index in [0.29, 0.717) is 29.0 Å². The number of aromatic nitrogens is 2. The molecule has 0 bridgehead atoms. The van der Waals surface area contributed by atoms with Gasteiger partial charge in [0, 0.05) is 25.1 Å². The van der Waals surface area contributed by atoms with E-state index in [9.17, 15) is 9.59 Å². The molecule has 0 radical (unpaired) electrons. The normalized spacial score (nSPS) is 10.1. The highest BCUT2D eigenvalue weighted by Crippen LogP contribution is 2.21. The Hall–Kier alpha value is -3.74. The first-order valence-corrected chi connectivity index (χ1v) is 8.24. The van der Waals surface area contributed by atoms with Gasteiger partial charge >= 0.3 is 5.97 Å². The summed E-state index contributed by atoms with van der Waals surface area (Å²) in [5, 5.41) is 5.94. The van der Waals surface area contributed by atoms with E-state index in [4.69, 9.17) is 4.74 Å². The van der Waals surface area contributed by atoms with Gasteiger partial charge in [0.15, 0.2) is 0 Å². The van der Waals surface area contributed by atoms with Crippen molar-refractivity contribution in [3.8, 4) is 0 Å². The molecule has 0 saturated heterocycles. The van der Waals surface area contributed by atoms with Crippen LogP contribution in [-0.2, 0) is 11.3 Å². The molecule has 27 heavy (non-hydrogen) atoms. The van der Waals surface area contributed by atoms with Crippen molar-refractivity contribution in [2.75, 3.05) is 12.4 Å². The summed E-state index contributed by atoms with van der Waals surface area (Å²) in [6.07, 6.45) is 6.41. The number of methoxy groups -OCH3 is 1. The number of rotatable bonds is 6. The van der Waals surface area contributed by atoms with Gasteiger partial charge in [0.2, 0.25) is 0 Å². The lowest BCUT2D eigenvalue weighted by Crippen LogP contribution is -2.23. The van der Waals surface area contributed by atoms with Crippen LogP contribution >= 0.6 is 0 Å². The zero-order chi connectivity index (χ0) is 19.1. The molecule has 1 amide bonds. The van der Waals surface area contributed by atoms with E-state index in [2.05, 4.69) is 20.6 Å². The number of amides is 1. The molecule has 3 rings (SSSR count). The van der Waals surface area contributed by atoms with Crippen molar-refractivity contribution in [2.24, 2.45) is 0 Å². The minimum atomic E-state index is -0.447. The number of ether oxygens (including phenoxy) is 1. The predicted octanol–water partition coefficient (Wildman–Crippen LogP) is 2.94. The standard InChI is InChI=1S/C20H18N4O3/c1-27-20(26)17-4-2-3-5-18(17)24-16-10-15(12-22-13-16)19(25)23-11-14-6-8-21-9-7-14/h2-10,12-13,24H,11H2,1H3,(H,23,25). The highest BCUT2D eigenvalue weighted by molar-refractivity contribution is 5.97. The molecule has 0 fully saturated rings. The van der Waals surface area contributed by atoms with Crippen molar-refractivity contribution < 1.29 is 14.3 Å². The van der Waals surface area contributed by atoms with Gasteiger partial charge in [-0.2, -0.15) is 0 Å². The number of esters is 1. The van der Waals surface area contributed by atoms with Crippen LogP contribution in [0.25, 0.3) is 0 Å². The van der Waals surface area contributed by atoms with Gasteiger partial charge < -0.3 is 15.4 Å². The Balaban J connectivity index is 1.72. The second kappa shape index (κ2) is 8.57. The molecule has 2 heterocycles. The largest absolute Gasteiger partial charge is 0.465 e. The SMILES string of the molecule is COC(=O)c1ccccc1Nc1cncc(C(=O)NCc2ccncc2)c1. The molecule has 0 unspecified atom stereocenters. The second-order valence-corrected chi connectivity index (χ2v) is 5.66. The van der Waals surface area contributed by atoms with Crippen molar-refractivity contribution in [3.63, 3.8) is 0 Å². The van der Waals surface area contributed by atoms with E-state index >= 15 is 0 Å². The van der Waals surface area contributed by atoms with Gasteiger partial charge in [-0.3, -0.25) is 14.8 Å². The molecule has 1 aromatic carbocycles. The van der Waals surface area contributed by atoms with E-state index in [1.54, 1.807) is 48.9 Å². The quantitative estimate of drug-likeness (QED) is 0.655. The van der Waals surface area contributed by atoms with Crippen LogP contribution in [0.15, 0.2) is 67.3 Å². The maximum atomic E-state index is 12.4. The summed E-state index contributed by atoms with van der Waals surface area (Å²) >= 11 is 0. The zero-order valence-electron chi connectivity index (χ0n) is 14.7. The van der Waals surface area contributed by atoms with Gasteiger partial charge in [0.1, 0.15) is 0 Å². The summed E-state index contributed by atoms with van der Waals surface area (Å²) in [4.78, 5) is 32.3. The van der Waals surface area contributed by atoms with Crippen LogP contribution in [0.5, 0.6) is 0 Å². The molecule has 0 atom stereocenters. The maximum Gasteiger partial charge on any atom is 0.339 e. The maximum absolute atomic E-state index is 12.4. The molecule has 0 saturated carbocycles. The Morgan fingerprint density at radius 2 is 1.81 bits per heavy atom. The molecule has 0 aliphatic heterocycles. The fourth-order valence-electron chi connectivity index (χ4n) is 2.45. The van der Waals surface area contributed by atoms with Gasteiger partial charge in [0.05, 0.1) is 35.8 Å². The topological polar surface area (TPSA) is 93.2 Å². The minimum absolute atomic E-state index is 0.246. The lowest BCUT2D eigenvalue weighted by Gasteiger charge is -2.11. The molecular weight excluding hydrogens is 344 g/mol. The summed E-state index contributed by atoms with van der Waals surface area (Å²) in [5.74, 6) is -0.693. The number of carbonyl (C=O) groups excluding carboxylic acids is 2. The third-order valence-electron chi connectivity index (χ3n) is 3.81. The van der Waals surface area contributed by atoms with Crippen molar-refractivity contribution in [1.82, 2.24) is 15.3 Å². The number of carbonyl (C=O) groups is 2. The molecule has 7 nitrogen and oxygen atoms in total. The molecule has 0 aliphatic carbocycles. The van der Waals surface area contributed by atoms with E-state index < -0.39 is 5.97 Å². The summed E-state index contributed by atoms with van der Waals surface area (Å²) < 4.78 is 4.79. The first kappa shape index (κ1) is 18.1. The fourth-order valence-corrected chi connectivity index (χ4v) is 2.45. The summed E-state index contributed by atoms with van der Waals surface area (Å²) in [5.41, 5.74) is 2.91. The number of para-hydroxylation sites is 1. The number of anilines is 2. The molecule has 0 spiro atoms. The summed E-state index contributed by atoms with van der Waals surface area (Å²) in [7, 11) is 1.33. The van der Waals surface area contributed by atoms with Crippen molar-refractivity contribution in [3.05, 3.63) is 83.9 Å². The van der Waals surface area contributed by atoms with E-state index in [-0.39, 0.29) is 5.91 Å². The third-order valence-corrected chi connectivity index (χ3v) is 3.81. The van der Waals surface area contributed by atoms with E-state index in [0.717, 1.165) is 5.56 Å². The lowest BCUT2D eigenvalue weighted by molar-refractivity contribution is 0.0601. The van der Waals surface area contributed by atoms with Gasteiger partial charge in [0.25, 0.3) is 5.91 Å². The molecular formula is C20H18N4O3. The van der Waals surface area contributed by atoms with Gasteiger partial charge in [-0.25, -0.2) is 4.79 Å². The van der Waals surface area contributed by atoms with Crippen LogP contribution in [0.2, 0.25) is 0 Å². The first-order valence-electron chi connectivity index (χ1n) is 8.24. The average molecular weight is 362 g/mol. The Labute approximate surface area is 156 Å². The Morgan fingerprint density at radius 3 is 2.59 bits per heavy atom. The predicted molar refractivity (Wildman–Crippen MR) is 101 cm³/mol. The lowest BCUT2D eigenvalue weighted by atomic mass is 10.1. The number of nitrogens with zero attached hydrogens (tertiary/aromatic N) is 2. The van der Waals surface area contributed by atoms with E-state index in [1.807, 2.05) is 12.1 Å².